The molecule has 0 aromatic carbocycles. The molecular formula is C11H18N2O2S. The lowest BCUT2D eigenvalue weighted by Gasteiger charge is -2.14. The Morgan fingerprint density at radius 3 is 2.56 bits per heavy atom. The second kappa shape index (κ2) is 5.41. The number of carboxylic acids is 1. The third-order valence-corrected chi connectivity index (χ3v) is 3.74. The number of carbonyl (C=O) groups is 1. The summed E-state index contributed by atoms with van der Waals surface area (Å²) in [7, 11) is 0. The Bertz CT molecular complexity index is 376. The lowest BCUT2D eigenvalue weighted by Crippen LogP contribution is -2.28. The Balaban J connectivity index is 2.56. The average molecular weight is 242 g/mol. The first-order valence-corrected chi connectivity index (χ1v) is 6.13. The zero-order valence-electron chi connectivity index (χ0n) is 10.1. The zero-order valence-corrected chi connectivity index (χ0v) is 10.9. The van der Waals surface area contributed by atoms with E-state index in [0.29, 0.717) is 6.54 Å². The van der Waals surface area contributed by atoms with Gasteiger partial charge in [-0.3, -0.25) is 4.79 Å². The molecule has 0 aliphatic heterocycles. The minimum absolute atomic E-state index is 0.160. The van der Waals surface area contributed by atoms with E-state index < -0.39 is 5.97 Å². The summed E-state index contributed by atoms with van der Waals surface area (Å²) in [6, 6.07) is 0.160. The standard InChI is InChI=1S/C11H18N2O2S/c1-6(11(14)15)5-12-7(2)10-8(3)13-9(4)16-10/h6-7,12H,5H2,1-4H3,(H,14,15). The number of nitrogens with zero attached hydrogens (tertiary/aromatic N) is 1. The lowest BCUT2D eigenvalue weighted by molar-refractivity contribution is -0.140. The van der Waals surface area contributed by atoms with Crippen molar-refractivity contribution in [2.45, 2.75) is 33.7 Å². The molecule has 90 valence electrons. The molecule has 5 heteroatoms. The molecule has 0 radical (unpaired) electrons. The van der Waals surface area contributed by atoms with Crippen molar-refractivity contribution in [1.82, 2.24) is 10.3 Å². The molecule has 1 aromatic heterocycles. The second-order valence-electron chi connectivity index (χ2n) is 4.05. The van der Waals surface area contributed by atoms with E-state index in [1.54, 1.807) is 18.3 Å². The highest BCUT2D eigenvalue weighted by atomic mass is 32.1. The number of rotatable bonds is 5. The van der Waals surface area contributed by atoms with Crippen molar-refractivity contribution < 1.29 is 9.90 Å². The molecule has 1 aromatic rings. The predicted octanol–water partition coefficient (Wildman–Crippen LogP) is 2.13. The molecule has 2 atom stereocenters. The molecule has 16 heavy (non-hydrogen) atoms. The van der Waals surface area contributed by atoms with Crippen LogP contribution in [-0.4, -0.2) is 22.6 Å². The highest BCUT2D eigenvalue weighted by Gasteiger charge is 2.16. The van der Waals surface area contributed by atoms with Crippen molar-refractivity contribution >= 4 is 17.3 Å². The summed E-state index contributed by atoms with van der Waals surface area (Å²) < 4.78 is 0. The maximum Gasteiger partial charge on any atom is 0.307 e. The van der Waals surface area contributed by atoms with Gasteiger partial charge in [0, 0.05) is 17.5 Å². The maximum absolute atomic E-state index is 10.7. The molecule has 0 saturated carbocycles. The predicted molar refractivity (Wildman–Crippen MR) is 64.8 cm³/mol. The van der Waals surface area contributed by atoms with Crippen LogP contribution in [0.4, 0.5) is 0 Å². The van der Waals surface area contributed by atoms with Crippen molar-refractivity contribution in [2.75, 3.05) is 6.54 Å². The number of nitrogens with one attached hydrogen (secondary N) is 1. The summed E-state index contributed by atoms with van der Waals surface area (Å²) in [6.45, 7) is 8.18. The number of hydrogen-bond acceptors (Lipinski definition) is 4. The molecule has 4 nitrogen and oxygen atoms in total. The van der Waals surface area contributed by atoms with Gasteiger partial charge in [-0.05, 0) is 20.8 Å². The Morgan fingerprint density at radius 1 is 1.50 bits per heavy atom. The van der Waals surface area contributed by atoms with Crippen LogP contribution in [0.5, 0.6) is 0 Å². The third-order valence-electron chi connectivity index (χ3n) is 2.48. The Labute approximate surface area is 99.7 Å². The summed E-state index contributed by atoms with van der Waals surface area (Å²) in [5.74, 6) is -1.13. The van der Waals surface area contributed by atoms with Gasteiger partial charge in [0.15, 0.2) is 0 Å². The minimum atomic E-state index is -0.767. The summed E-state index contributed by atoms with van der Waals surface area (Å²) in [6.07, 6.45) is 0. The second-order valence-corrected chi connectivity index (χ2v) is 5.29. The van der Waals surface area contributed by atoms with Crippen molar-refractivity contribution in [3.63, 3.8) is 0 Å². The molecule has 1 heterocycles. The largest absolute Gasteiger partial charge is 0.481 e. The van der Waals surface area contributed by atoms with Crippen LogP contribution < -0.4 is 5.32 Å². The molecule has 2 unspecified atom stereocenters. The molecule has 0 aliphatic rings. The molecule has 0 amide bonds. The quantitative estimate of drug-likeness (QED) is 0.830. The van der Waals surface area contributed by atoms with E-state index in [9.17, 15) is 4.79 Å². The van der Waals surface area contributed by atoms with Gasteiger partial charge in [-0.2, -0.15) is 0 Å². The minimum Gasteiger partial charge on any atom is -0.481 e. The molecule has 0 bridgehead atoms. The smallest absolute Gasteiger partial charge is 0.307 e. The first kappa shape index (κ1) is 13.1. The van der Waals surface area contributed by atoms with Crippen LogP contribution >= 0.6 is 11.3 Å². The first-order chi connectivity index (χ1) is 7.41. The number of hydrogen-bond donors (Lipinski definition) is 2. The molecule has 1 rings (SSSR count). The fourth-order valence-electron chi connectivity index (χ4n) is 1.48. The summed E-state index contributed by atoms with van der Waals surface area (Å²) in [5, 5.41) is 13.0. The zero-order chi connectivity index (χ0) is 12.3. The van der Waals surface area contributed by atoms with Crippen molar-refractivity contribution in [2.24, 2.45) is 5.92 Å². The number of aliphatic carboxylic acids is 1. The lowest BCUT2D eigenvalue weighted by atomic mass is 10.1. The van der Waals surface area contributed by atoms with Crippen LogP contribution in [0, 0.1) is 19.8 Å². The number of carboxylic acid groups (broad SMARTS) is 1. The van der Waals surface area contributed by atoms with E-state index in [4.69, 9.17) is 5.11 Å². The Morgan fingerprint density at radius 2 is 2.12 bits per heavy atom. The van der Waals surface area contributed by atoms with Gasteiger partial charge < -0.3 is 10.4 Å². The highest BCUT2D eigenvalue weighted by Crippen LogP contribution is 2.24. The average Bonchev–Trinajstić information content (AvgIpc) is 2.53. The number of aryl methyl sites for hydroxylation is 2. The van der Waals surface area contributed by atoms with Gasteiger partial charge in [-0.15, -0.1) is 11.3 Å². The van der Waals surface area contributed by atoms with E-state index in [0.717, 1.165) is 10.7 Å². The molecule has 0 spiro atoms. The topological polar surface area (TPSA) is 62.2 Å². The van der Waals surface area contributed by atoms with Crippen molar-refractivity contribution in [3.05, 3.63) is 15.6 Å². The van der Waals surface area contributed by atoms with Crippen LogP contribution in [0.15, 0.2) is 0 Å². The first-order valence-electron chi connectivity index (χ1n) is 5.32. The Hall–Kier alpha value is -0.940. The molecule has 0 saturated heterocycles. The Kier molecular flexibility index (Phi) is 4.44. The summed E-state index contributed by atoms with van der Waals surface area (Å²) >= 11 is 1.66. The van der Waals surface area contributed by atoms with Crippen LogP contribution in [0.2, 0.25) is 0 Å². The van der Waals surface area contributed by atoms with Crippen LogP contribution in [0.1, 0.15) is 35.5 Å². The van der Waals surface area contributed by atoms with Gasteiger partial charge in [0.05, 0.1) is 16.6 Å². The fraction of sp³-hybridized carbons (Fsp3) is 0.636. The maximum atomic E-state index is 10.7. The molecule has 2 N–H and O–H groups in total. The summed E-state index contributed by atoms with van der Waals surface area (Å²) in [5.41, 5.74) is 1.03. The van der Waals surface area contributed by atoms with Gasteiger partial charge in [0.2, 0.25) is 0 Å². The number of thiazole rings is 1. The van der Waals surface area contributed by atoms with Crippen LogP contribution in [0.25, 0.3) is 0 Å². The van der Waals surface area contributed by atoms with E-state index in [1.807, 2.05) is 20.8 Å². The van der Waals surface area contributed by atoms with Gasteiger partial charge >= 0.3 is 5.97 Å². The van der Waals surface area contributed by atoms with E-state index in [1.165, 1.54) is 4.88 Å². The number of aromatic nitrogens is 1. The van der Waals surface area contributed by atoms with Crippen molar-refractivity contribution in [3.8, 4) is 0 Å². The van der Waals surface area contributed by atoms with E-state index in [2.05, 4.69) is 10.3 Å². The fourth-order valence-corrected chi connectivity index (χ4v) is 2.44. The summed E-state index contributed by atoms with van der Waals surface area (Å²) in [4.78, 5) is 16.2. The van der Waals surface area contributed by atoms with Crippen molar-refractivity contribution in [1.29, 1.82) is 0 Å². The van der Waals surface area contributed by atoms with Gasteiger partial charge in [-0.1, -0.05) is 6.92 Å². The highest BCUT2D eigenvalue weighted by molar-refractivity contribution is 7.11. The molecule has 0 fully saturated rings. The normalized spacial score (nSPS) is 14.8. The van der Waals surface area contributed by atoms with E-state index in [-0.39, 0.29) is 12.0 Å². The third kappa shape index (κ3) is 3.28. The van der Waals surface area contributed by atoms with Crippen LogP contribution in [0.3, 0.4) is 0 Å². The van der Waals surface area contributed by atoms with Crippen LogP contribution in [-0.2, 0) is 4.79 Å². The monoisotopic (exact) mass is 242 g/mol. The molecule has 0 aliphatic carbocycles. The van der Waals surface area contributed by atoms with E-state index >= 15 is 0 Å². The van der Waals surface area contributed by atoms with Gasteiger partial charge in [0.1, 0.15) is 0 Å². The van der Waals surface area contributed by atoms with Gasteiger partial charge in [-0.25, -0.2) is 4.98 Å². The molecular weight excluding hydrogens is 224 g/mol. The van der Waals surface area contributed by atoms with Gasteiger partial charge in [0.25, 0.3) is 0 Å². The SMILES string of the molecule is Cc1nc(C)c(C(C)NCC(C)C(=O)O)s1.